The predicted octanol–water partition coefficient (Wildman–Crippen LogP) is 7.25. The van der Waals surface area contributed by atoms with E-state index in [4.69, 9.17) is 9.47 Å². The van der Waals surface area contributed by atoms with E-state index in [0.717, 1.165) is 11.3 Å². The normalized spacial score (nSPS) is 16.3. The average molecular weight is 567 g/mol. The zero-order chi connectivity index (χ0) is 28.5. The van der Waals surface area contributed by atoms with Crippen molar-refractivity contribution >= 4 is 44.1 Å². The number of anilines is 1. The van der Waals surface area contributed by atoms with Gasteiger partial charge >= 0.3 is 5.91 Å². The first kappa shape index (κ1) is 26.2. The molecule has 1 aliphatic rings. The molecule has 1 aromatic heterocycles. The van der Waals surface area contributed by atoms with Crippen molar-refractivity contribution in [2.24, 2.45) is 0 Å². The van der Waals surface area contributed by atoms with Crippen LogP contribution in [0.4, 0.5) is 9.52 Å². The molecule has 0 radical (unpaired) electrons. The van der Waals surface area contributed by atoms with E-state index in [0.29, 0.717) is 45.2 Å². The molecule has 1 fully saturated rings. The Labute approximate surface area is 238 Å². The summed E-state index contributed by atoms with van der Waals surface area (Å²) in [5.74, 6) is -0.785. The molecule has 1 amide bonds. The first-order valence-corrected chi connectivity index (χ1v) is 13.7. The van der Waals surface area contributed by atoms with Crippen molar-refractivity contribution in [3.63, 3.8) is 0 Å². The number of hydrogen-bond donors (Lipinski definition) is 1. The van der Waals surface area contributed by atoms with E-state index in [-0.39, 0.29) is 16.5 Å². The second-order valence-corrected chi connectivity index (χ2v) is 10.2. The fourth-order valence-corrected chi connectivity index (χ4v) is 5.76. The summed E-state index contributed by atoms with van der Waals surface area (Å²) in [6.07, 6.45) is 0. The Kier molecular flexibility index (Phi) is 6.94. The van der Waals surface area contributed by atoms with Gasteiger partial charge in [0.1, 0.15) is 28.8 Å². The van der Waals surface area contributed by atoms with Gasteiger partial charge in [-0.15, -0.1) is 0 Å². The van der Waals surface area contributed by atoms with E-state index < -0.39 is 23.5 Å². The second kappa shape index (κ2) is 10.9. The standard InChI is InChI=1S/C32H23FN2O5S/c1-2-39-22-14-11-19(12-15-22)29(36)27-28(20-7-6-10-24(17-20)40-23-8-4-3-5-9-23)35(31(38)30(27)37)32-34-25-16-13-21(33)18-26(25)41-32/h3-18,28,36H,2H2,1H3/b29-27+. The number of thiazole rings is 1. The number of ether oxygens (including phenoxy) is 2. The first-order chi connectivity index (χ1) is 19.9. The Bertz CT molecular complexity index is 1800. The second-order valence-electron chi connectivity index (χ2n) is 9.22. The molecule has 0 spiro atoms. The van der Waals surface area contributed by atoms with Gasteiger partial charge in [-0.3, -0.25) is 14.5 Å². The summed E-state index contributed by atoms with van der Waals surface area (Å²) in [6, 6.07) is 25.9. The Morgan fingerprint density at radius 1 is 0.927 bits per heavy atom. The topological polar surface area (TPSA) is 89.0 Å². The number of halogens is 1. The highest BCUT2D eigenvalue weighted by Gasteiger charge is 2.48. The third kappa shape index (κ3) is 5.03. The fourth-order valence-electron chi connectivity index (χ4n) is 4.74. The van der Waals surface area contributed by atoms with Gasteiger partial charge in [0, 0.05) is 5.56 Å². The number of ketones is 1. The lowest BCUT2D eigenvalue weighted by Gasteiger charge is -2.23. The van der Waals surface area contributed by atoms with E-state index in [1.54, 1.807) is 48.5 Å². The lowest BCUT2D eigenvalue weighted by Crippen LogP contribution is -2.29. The van der Waals surface area contributed by atoms with E-state index in [1.807, 2.05) is 37.3 Å². The third-order valence-electron chi connectivity index (χ3n) is 6.58. The largest absolute Gasteiger partial charge is 0.507 e. The minimum Gasteiger partial charge on any atom is -0.507 e. The maximum Gasteiger partial charge on any atom is 0.301 e. The number of Topliss-reactive ketones (excluding diaryl/α,β-unsaturated/α-hetero) is 1. The number of amides is 1. The van der Waals surface area contributed by atoms with Crippen molar-refractivity contribution in [1.29, 1.82) is 0 Å². The zero-order valence-electron chi connectivity index (χ0n) is 21.8. The Hall–Kier alpha value is -5.02. The number of carbonyl (C=O) groups excluding carboxylic acids is 2. The van der Waals surface area contributed by atoms with Crippen molar-refractivity contribution in [3.8, 4) is 17.2 Å². The molecule has 6 rings (SSSR count). The maximum absolute atomic E-state index is 13.9. The minimum absolute atomic E-state index is 0.0959. The quantitative estimate of drug-likeness (QED) is 0.127. The Morgan fingerprint density at radius 2 is 1.68 bits per heavy atom. The molecule has 41 heavy (non-hydrogen) atoms. The average Bonchev–Trinajstić information content (AvgIpc) is 3.51. The first-order valence-electron chi connectivity index (χ1n) is 12.9. The number of aliphatic hydroxyl groups is 1. The molecule has 0 bridgehead atoms. The number of benzene rings is 4. The molecule has 1 unspecified atom stereocenters. The van der Waals surface area contributed by atoms with Crippen LogP contribution in [-0.2, 0) is 9.59 Å². The van der Waals surface area contributed by atoms with Crippen molar-refractivity contribution in [1.82, 2.24) is 4.98 Å². The summed E-state index contributed by atoms with van der Waals surface area (Å²) in [5, 5.41) is 11.7. The monoisotopic (exact) mass is 566 g/mol. The predicted molar refractivity (Wildman–Crippen MR) is 155 cm³/mol. The molecule has 9 heteroatoms. The molecule has 0 aliphatic carbocycles. The number of aromatic nitrogens is 1. The van der Waals surface area contributed by atoms with Crippen molar-refractivity contribution < 1.29 is 28.6 Å². The van der Waals surface area contributed by atoms with Gasteiger partial charge in [-0.2, -0.15) is 0 Å². The fraction of sp³-hybridized carbons (Fsp3) is 0.0938. The summed E-state index contributed by atoms with van der Waals surface area (Å²) >= 11 is 1.09. The van der Waals surface area contributed by atoms with Crippen molar-refractivity contribution in [2.45, 2.75) is 13.0 Å². The summed E-state index contributed by atoms with van der Waals surface area (Å²) in [7, 11) is 0. The molecule has 1 saturated heterocycles. The number of aliphatic hydroxyl groups excluding tert-OH is 1. The number of hydrogen-bond acceptors (Lipinski definition) is 7. The van der Waals surface area contributed by atoms with E-state index in [9.17, 15) is 19.1 Å². The zero-order valence-corrected chi connectivity index (χ0v) is 22.6. The molecule has 204 valence electrons. The molecule has 1 aliphatic heterocycles. The van der Waals surface area contributed by atoms with Gasteiger partial charge in [0.25, 0.3) is 5.78 Å². The van der Waals surface area contributed by atoms with Crippen LogP contribution in [0.2, 0.25) is 0 Å². The smallest absolute Gasteiger partial charge is 0.301 e. The van der Waals surface area contributed by atoms with Crippen molar-refractivity contribution in [3.05, 3.63) is 120 Å². The van der Waals surface area contributed by atoms with Gasteiger partial charge < -0.3 is 14.6 Å². The number of carbonyl (C=O) groups is 2. The summed E-state index contributed by atoms with van der Waals surface area (Å²) in [6.45, 7) is 2.34. The van der Waals surface area contributed by atoms with Crippen LogP contribution in [0.15, 0.2) is 103 Å². The van der Waals surface area contributed by atoms with Crippen LogP contribution < -0.4 is 14.4 Å². The lowest BCUT2D eigenvalue weighted by molar-refractivity contribution is -0.132. The van der Waals surface area contributed by atoms with E-state index >= 15 is 0 Å². The van der Waals surface area contributed by atoms with Crippen molar-refractivity contribution in [2.75, 3.05) is 11.5 Å². The third-order valence-corrected chi connectivity index (χ3v) is 7.60. The molecule has 1 N–H and O–H groups in total. The van der Waals surface area contributed by atoms with Gasteiger partial charge in [0.15, 0.2) is 5.13 Å². The highest BCUT2D eigenvalue weighted by Crippen LogP contribution is 2.45. The SMILES string of the molecule is CCOc1ccc(/C(O)=C2\C(=O)C(=O)N(c3nc4ccc(F)cc4s3)C2c2cccc(Oc3ccccc3)c2)cc1. The molecule has 4 aromatic carbocycles. The van der Waals surface area contributed by atoms with Crippen LogP contribution in [-0.4, -0.2) is 28.4 Å². The van der Waals surface area contributed by atoms with Crippen LogP contribution in [0.3, 0.4) is 0 Å². The molecule has 0 saturated carbocycles. The number of fused-ring (bicyclic) bond motifs is 1. The van der Waals surface area contributed by atoms with Crippen LogP contribution in [0, 0.1) is 5.82 Å². The van der Waals surface area contributed by atoms with E-state index in [1.165, 1.54) is 23.1 Å². The molecular weight excluding hydrogens is 543 g/mol. The Morgan fingerprint density at radius 3 is 2.44 bits per heavy atom. The molecule has 7 nitrogen and oxygen atoms in total. The van der Waals surface area contributed by atoms with Gasteiger partial charge in [0.05, 0.1) is 28.4 Å². The Balaban J connectivity index is 1.50. The van der Waals surface area contributed by atoms with Crippen LogP contribution in [0.1, 0.15) is 24.1 Å². The van der Waals surface area contributed by atoms with Crippen LogP contribution >= 0.6 is 11.3 Å². The van der Waals surface area contributed by atoms with Gasteiger partial charge in [-0.1, -0.05) is 41.7 Å². The van der Waals surface area contributed by atoms with Crippen LogP contribution in [0.5, 0.6) is 17.2 Å². The van der Waals surface area contributed by atoms with Crippen LogP contribution in [0.25, 0.3) is 16.0 Å². The molecule has 1 atom stereocenters. The summed E-state index contributed by atoms with van der Waals surface area (Å²) in [4.78, 5) is 32.9. The van der Waals surface area contributed by atoms with Gasteiger partial charge in [-0.25, -0.2) is 9.37 Å². The number of rotatable bonds is 7. The molecular formula is C32H23FN2O5S. The number of nitrogens with zero attached hydrogens (tertiary/aromatic N) is 2. The van der Waals surface area contributed by atoms with E-state index in [2.05, 4.69) is 4.98 Å². The number of para-hydroxylation sites is 1. The molecule has 5 aromatic rings. The van der Waals surface area contributed by atoms with Gasteiger partial charge in [0.2, 0.25) is 0 Å². The summed E-state index contributed by atoms with van der Waals surface area (Å²) < 4.78 is 26.0. The highest BCUT2D eigenvalue weighted by atomic mass is 32.1. The molecule has 2 heterocycles. The van der Waals surface area contributed by atoms with Gasteiger partial charge in [-0.05, 0) is 79.2 Å². The minimum atomic E-state index is -1.02. The lowest BCUT2D eigenvalue weighted by atomic mass is 9.95. The highest BCUT2D eigenvalue weighted by molar-refractivity contribution is 7.22. The maximum atomic E-state index is 13.9. The summed E-state index contributed by atoms with van der Waals surface area (Å²) in [5.41, 5.74) is 1.26.